The van der Waals surface area contributed by atoms with Gasteiger partial charge in [-0.15, -0.1) is 0 Å². The van der Waals surface area contributed by atoms with E-state index in [0.717, 1.165) is 24.9 Å². The molecule has 68 valence electrons. The standard InChI is InChI=1S/C9H22N2/c1-8(2)5-6-10-11-7-9(3)4/h8-11H,5-7H2,1-4H3. The second-order valence-electron chi connectivity index (χ2n) is 3.88. The smallest absolute Gasteiger partial charge is 0.0123 e. The van der Waals surface area contributed by atoms with E-state index in [2.05, 4.69) is 38.5 Å². The van der Waals surface area contributed by atoms with E-state index in [0.29, 0.717) is 0 Å². The second-order valence-corrected chi connectivity index (χ2v) is 3.88. The van der Waals surface area contributed by atoms with Crippen LogP contribution >= 0.6 is 0 Å². The molecule has 0 saturated carbocycles. The molecular formula is C9H22N2. The van der Waals surface area contributed by atoms with Crippen LogP contribution in [0.1, 0.15) is 34.1 Å². The SMILES string of the molecule is CC(C)CCNNCC(C)C. The zero-order valence-electron chi connectivity index (χ0n) is 8.28. The molecule has 0 rings (SSSR count). The lowest BCUT2D eigenvalue weighted by Crippen LogP contribution is -2.35. The lowest BCUT2D eigenvalue weighted by molar-refractivity contribution is 0.441. The zero-order chi connectivity index (χ0) is 8.69. The normalized spacial score (nSPS) is 11.5. The van der Waals surface area contributed by atoms with Gasteiger partial charge in [-0.2, -0.15) is 0 Å². The van der Waals surface area contributed by atoms with Crippen molar-refractivity contribution in [1.82, 2.24) is 10.9 Å². The predicted molar refractivity (Wildman–Crippen MR) is 50.3 cm³/mol. The summed E-state index contributed by atoms with van der Waals surface area (Å²) in [5, 5.41) is 0. The van der Waals surface area contributed by atoms with Crippen LogP contribution in [0, 0.1) is 11.8 Å². The number of hydrogen-bond donors (Lipinski definition) is 2. The zero-order valence-corrected chi connectivity index (χ0v) is 8.28. The van der Waals surface area contributed by atoms with E-state index in [-0.39, 0.29) is 0 Å². The maximum atomic E-state index is 3.20. The van der Waals surface area contributed by atoms with Gasteiger partial charge in [0.05, 0.1) is 0 Å². The molecule has 2 heteroatoms. The molecule has 0 aromatic carbocycles. The molecule has 0 saturated heterocycles. The van der Waals surface area contributed by atoms with Gasteiger partial charge in [0.15, 0.2) is 0 Å². The Morgan fingerprint density at radius 3 is 2.00 bits per heavy atom. The van der Waals surface area contributed by atoms with Gasteiger partial charge in [-0.1, -0.05) is 27.7 Å². The first-order valence-electron chi connectivity index (χ1n) is 4.58. The van der Waals surface area contributed by atoms with E-state index in [1.54, 1.807) is 0 Å². The highest BCUT2D eigenvalue weighted by molar-refractivity contribution is 4.49. The van der Waals surface area contributed by atoms with Crippen molar-refractivity contribution in [3.8, 4) is 0 Å². The molecule has 0 aromatic heterocycles. The molecule has 0 heterocycles. The molecule has 0 unspecified atom stereocenters. The van der Waals surface area contributed by atoms with Gasteiger partial charge >= 0.3 is 0 Å². The Morgan fingerprint density at radius 1 is 0.909 bits per heavy atom. The van der Waals surface area contributed by atoms with Gasteiger partial charge in [-0.3, -0.25) is 10.9 Å². The number of hydrazine groups is 1. The summed E-state index contributed by atoms with van der Waals surface area (Å²) < 4.78 is 0. The summed E-state index contributed by atoms with van der Waals surface area (Å²) in [4.78, 5) is 0. The molecule has 2 nitrogen and oxygen atoms in total. The van der Waals surface area contributed by atoms with Gasteiger partial charge in [0.1, 0.15) is 0 Å². The molecule has 0 aromatic rings. The largest absolute Gasteiger partial charge is 0.258 e. The molecule has 2 N–H and O–H groups in total. The highest BCUT2D eigenvalue weighted by atomic mass is 15.3. The first kappa shape index (κ1) is 10.9. The Bertz CT molecular complexity index is 69.6. The van der Waals surface area contributed by atoms with Gasteiger partial charge < -0.3 is 0 Å². The van der Waals surface area contributed by atoms with Crippen molar-refractivity contribution in [2.24, 2.45) is 11.8 Å². The molecular weight excluding hydrogens is 136 g/mol. The van der Waals surface area contributed by atoms with Gasteiger partial charge in [0, 0.05) is 13.1 Å². The van der Waals surface area contributed by atoms with Crippen molar-refractivity contribution < 1.29 is 0 Å². The van der Waals surface area contributed by atoms with Crippen molar-refractivity contribution >= 4 is 0 Å². The highest BCUT2D eigenvalue weighted by Crippen LogP contribution is 1.95. The van der Waals surface area contributed by atoms with E-state index >= 15 is 0 Å². The van der Waals surface area contributed by atoms with Crippen molar-refractivity contribution in [3.63, 3.8) is 0 Å². The maximum Gasteiger partial charge on any atom is 0.0123 e. The quantitative estimate of drug-likeness (QED) is 0.455. The molecule has 0 aliphatic carbocycles. The fraction of sp³-hybridized carbons (Fsp3) is 1.00. The average Bonchev–Trinajstić information content (AvgIpc) is 1.85. The molecule has 0 aliphatic rings. The Morgan fingerprint density at radius 2 is 1.55 bits per heavy atom. The number of rotatable bonds is 6. The van der Waals surface area contributed by atoms with E-state index in [1.165, 1.54) is 6.42 Å². The molecule has 0 spiro atoms. The van der Waals surface area contributed by atoms with Crippen LogP contribution in [0.5, 0.6) is 0 Å². The lowest BCUT2D eigenvalue weighted by atomic mass is 10.1. The van der Waals surface area contributed by atoms with Crippen LogP contribution in [-0.2, 0) is 0 Å². The fourth-order valence-electron chi connectivity index (χ4n) is 0.726. The average molecular weight is 158 g/mol. The first-order chi connectivity index (χ1) is 5.13. The van der Waals surface area contributed by atoms with E-state index in [4.69, 9.17) is 0 Å². The summed E-state index contributed by atoms with van der Waals surface area (Å²) in [5.74, 6) is 1.52. The summed E-state index contributed by atoms with van der Waals surface area (Å²) in [5.41, 5.74) is 6.39. The summed E-state index contributed by atoms with van der Waals surface area (Å²) in [6, 6.07) is 0. The van der Waals surface area contributed by atoms with Crippen LogP contribution in [0.2, 0.25) is 0 Å². The summed E-state index contributed by atoms with van der Waals surface area (Å²) >= 11 is 0. The predicted octanol–water partition coefficient (Wildman–Crippen LogP) is 1.78. The van der Waals surface area contributed by atoms with Gasteiger partial charge in [0.25, 0.3) is 0 Å². The molecule has 0 atom stereocenters. The van der Waals surface area contributed by atoms with Crippen LogP contribution in [-0.4, -0.2) is 13.1 Å². The minimum Gasteiger partial charge on any atom is -0.258 e. The van der Waals surface area contributed by atoms with Crippen LogP contribution in [0.3, 0.4) is 0 Å². The molecule has 0 amide bonds. The monoisotopic (exact) mass is 158 g/mol. The van der Waals surface area contributed by atoms with E-state index in [1.807, 2.05) is 0 Å². The van der Waals surface area contributed by atoms with Gasteiger partial charge in [0.2, 0.25) is 0 Å². The van der Waals surface area contributed by atoms with Crippen molar-refractivity contribution in [1.29, 1.82) is 0 Å². The van der Waals surface area contributed by atoms with Crippen molar-refractivity contribution in [2.45, 2.75) is 34.1 Å². The van der Waals surface area contributed by atoms with Gasteiger partial charge in [-0.25, -0.2) is 0 Å². The molecule has 11 heavy (non-hydrogen) atoms. The number of hydrogen-bond acceptors (Lipinski definition) is 2. The van der Waals surface area contributed by atoms with Crippen molar-refractivity contribution in [3.05, 3.63) is 0 Å². The molecule has 0 bridgehead atoms. The first-order valence-corrected chi connectivity index (χ1v) is 4.58. The third kappa shape index (κ3) is 9.92. The minimum absolute atomic E-state index is 0.724. The maximum absolute atomic E-state index is 3.20. The third-order valence-electron chi connectivity index (χ3n) is 1.48. The number of nitrogens with one attached hydrogen (secondary N) is 2. The van der Waals surface area contributed by atoms with Crippen LogP contribution < -0.4 is 10.9 Å². The molecule has 0 fully saturated rings. The highest BCUT2D eigenvalue weighted by Gasteiger charge is 1.93. The Kier molecular flexibility index (Phi) is 6.57. The topological polar surface area (TPSA) is 24.1 Å². The Balaban J connectivity index is 2.91. The Labute approximate surface area is 70.7 Å². The van der Waals surface area contributed by atoms with Crippen LogP contribution in [0.15, 0.2) is 0 Å². The van der Waals surface area contributed by atoms with Crippen molar-refractivity contribution in [2.75, 3.05) is 13.1 Å². The third-order valence-corrected chi connectivity index (χ3v) is 1.48. The van der Waals surface area contributed by atoms with E-state index < -0.39 is 0 Å². The van der Waals surface area contributed by atoms with Crippen LogP contribution in [0.25, 0.3) is 0 Å². The molecule has 0 aliphatic heterocycles. The Hall–Kier alpha value is -0.0800. The summed E-state index contributed by atoms with van der Waals surface area (Å²) in [6.07, 6.45) is 1.24. The van der Waals surface area contributed by atoms with Gasteiger partial charge in [-0.05, 0) is 18.3 Å². The lowest BCUT2D eigenvalue weighted by Gasteiger charge is -2.09. The fourth-order valence-corrected chi connectivity index (χ4v) is 0.726. The second kappa shape index (κ2) is 6.62. The van der Waals surface area contributed by atoms with Crippen LogP contribution in [0.4, 0.5) is 0 Å². The summed E-state index contributed by atoms with van der Waals surface area (Å²) in [6.45, 7) is 11.0. The van der Waals surface area contributed by atoms with E-state index in [9.17, 15) is 0 Å². The minimum atomic E-state index is 0.724. The molecule has 0 radical (unpaired) electrons. The summed E-state index contributed by atoms with van der Waals surface area (Å²) in [7, 11) is 0.